The Morgan fingerprint density at radius 3 is 3.00 bits per heavy atom. The third kappa shape index (κ3) is 2.17. The molecule has 0 amide bonds. The summed E-state index contributed by atoms with van der Waals surface area (Å²) in [6.45, 7) is 0.377. The smallest absolute Gasteiger partial charge is 0.347 e. The number of esters is 1. The van der Waals surface area contributed by atoms with Crippen molar-refractivity contribution in [2.75, 3.05) is 6.61 Å². The summed E-state index contributed by atoms with van der Waals surface area (Å²) < 4.78 is 11.0. The molecular weight excluding hydrogens is 274 g/mol. The number of nitriles is 1. The molecule has 0 saturated carbocycles. The number of cyclic esters (lactones) is 1. The molecule has 1 saturated heterocycles. The lowest BCUT2D eigenvalue weighted by Crippen LogP contribution is -2.22. The van der Waals surface area contributed by atoms with Crippen LogP contribution in [0.2, 0.25) is 0 Å². The van der Waals surface area contributed by atoms with Crippen molar-refractivity contribution in [2.45, 2.75) is 12.5 Å². The van der Waals surface area contributed by atoms with E-state index in [2.05, 4.69) is 15.9 Å². The van der Waals surface area contributed by atoms with Gasteiger partial charge in [-0.1, -0.05) is 15.9 Å². The van der Waals surface area contributed by atoms with Gasteiger partial charge in [-0.15, -0.1) is 0 Å². The van der Waals surface area contributed by atoms with Gasteiger partial charge >= 0.3 is 5.97 Å². The number of carbonyl (C=O) groups is 1. The average molecular weight is 282 g/mol. The van der Waals surface area contributed by atoms with E-state index in [4.69, 9.17) is 14.7 Å². The molecule has 0 bridgehead atoms. The van der Waals surface area contributed by atoms with Crippen LogP contribution >= 0.6 is 15.9 Å². The highest BCUT2D eigenvalue weighted by atomic mass is 79.9. The molecule has 4 nitrogen and oxygen atoms in total. The van der Waals surface area contributed by atoms with E-state index < -0.39 is 6.10 Å². The van der Waals surface area contributed by atoms with E-state index in [1.807, 2.05) is 6.07 Å². The fourth-order valence-electron chi connectivity index (χ4n) is 1.43. The zero-order valence-corrected chi connectivity index (χ0v) is 9.86. The van der Waals surface area contributed by atoms with Crippen LogP contribution in [0.1, 0.15) is 12.0 Å². The number of halogens is 1. The predicted octanol–water partition coefficient (Wildman–Crippen LogP) is 2.02. The molecule has 2 rings (SSSR count). The lowest BCUT2D eigenvalue weighted by molar-refractivity contribution is -0.143. The molecule has 1 fully saturated rings. The zero-order valence-electron chi connectivity index (χ0n) is 8.27. The second kappa shape index (κ2) is 4.54. The summed E-state index contributed by atoms with van der Waals surface area (Å²) in [7, 11) is 0. The highest BCUT2D eigenvalue weighted by Crippen LogP contribution is 2.25. The van der Waals surface area contributed by atoms with Crippen molar-refractivity contribution in [1.29, 1.82) is 5.26 Å². The lowest BCUT2D eigenvalue weighted by Gasteiger charge is -2.11. The standard InChI is InChI=1S/C11H8BrNO3/c12-8-1-2-9(7(5-8)6-13)16-10-3-4-15-11(10)14/h1-2,5,10H,3-4H2. The minimum absolute atomic E-state index is 0.369. The SMILES string of the molecule is N#Cc1cc(Br)ccc1OC1CCOC1=O. The molecule has 1 aromatic carbocycles. The Balaban J connectivity index is 2.21. The Morgan fingerprint density at radius 1 is 1.56 bits per heavy atom. The van der Waals surface area contributed by atoms with Gasteiger partial charge in [-0.3, -0.25) is 0 Å². The van der Waals surface area contributed by atoms with E-state index >= 15 is 0 Å². The summed E-state index contributed by atoms with van der Waals surface area (Å²) in [5.41, 5.74) is 0.397. The maximum Gasteiger partial charge on any atom is 0.347 e. The number of benzene rings is 1. The number of ether oxygens (including phenoxy) is 2. The minimum Gasteiger partial charge on any atom is -0.477 e. The lowest BCUT2D eigenvalue weighted by atomic mass is 10.2. The van der Waals surface area contributed by atoms with Gasteiger partial charge in [0.05, 0.1) is 12.2 Å². The first-order valence-corrected chi connectivity index (χ1v) is 5.53. The number of hydrogen-bond donors (Lipinski definition) is 0. The van der Waals surface area contributed by atoms with E-state index in [0.29, 0.717) is 24.3 Å². The molecule has 0 N–H and O–H groups in total. The highest BCUT2D eigenvalue weighted by Gasteiger charge is 2.29. The molecule has 82 valence electrons. The molecule has 1 aliphatic rings. The maximum atomic E-state index is 11.2. The molecule has 5 heteroatoms. The highest BCUT2D eigenvalue weighted by molar-refractivity contribution is 9.10. The van der Waals surface area contributed by atoms with Gasteiger partial charge in [-0.25, -0.2) is 4.79 Å². The fourth-order valence-corrected chi connectivity index (χ4v) is 1.79. The summed E-state index contributed by atoms with van der Waals surface area (Å²) in [5.74, 6) is 0.0429. The first kappa shape index (κ1) is 11.0. The zero-order chi connectivity index (χ0) is 11.5. The van der Waals surface area contributed by atoms with Crippen LogP contribution in [-0.2, 0) is 9.53 Å². The van der Waals surface area contributed by atoms with Crippen LogP contribution in [0, 0.1) is 11.3 Å². The summed E-state index contributed by atoms with van der Waals surface area (Å²) in [5, 5.41) is 8.92. The Labute approximate surface area is 101 Å². The van der Waals surface area contributed by atoms with Crippen LogP contribution in [0.3, 0.4) is 0 Å². The van der Waals surface area contributed by atoms with Crippen molar-refractivity contribution < 1.29 is 14.3 Å². The third-order valence-electron chi connectivity index (χ3n) is 2.22. The van der Waals surface area contributed by atoms with Crippen LogP contribution in [0.5, 0.6) is 5.75 Å². The normalized spacial score (nSPS) is 19.0. The summed E-state index contributed by atoms with van der Waals surface area (Å²) in [4.78, 5) is 11.2. The predicted molar refractivity (Wildman–Crippen MR) is 58.8 cm³/mol. The Morgan fingerprint density at radius 2 is 2.38 bits per heavy atom. The van der Waals surface area contributed by atoms with Gasteiger partial charge in [-0.05, 0) is 18.2 Å². The maximum absolute atomic E-state index is 11.2. The van der Waals surface area contributed by atoms with Gasteiger partial charge in [-0.2, -0.15) is 5.26 Å². The molecular formula is C11H8BrNO3. The Kier molecular flexibility index (Phi) is 3.11. The van der Waals surface area contributed by atoms with Gasteiger partial charge in [0.2, 0.25) is 0 Å². The van der Waals surface area contributed by atoms with Gasteiger partial charge in [0, 0.05) is 10.9 Å². The summed E-state index contributed by atoms with van der Waals surface area (Å²) in [6, 6.07) is 7.09. The number of rotatable bonds is 2. The van der Waals surface area contributed by atoms with Gasteiger partial charge in [0.1, 0.15) is 11.8 Å². The molecule has 1 unspecified atom stereocenters. The monoisotopic (exact) mass is 281 g/mol. The van der Waals surface area contributed by atoms with Gasteiger partial charge in [0.25, 0.3) is 0 Å². The van der Waals surface area contributed by atoms with Crippen LogP contribution in [0.25, 0.3) is 0 Å². The summed E-state index contributed by atoms with van der Waals surface area (Å²) >= 11 is 3.26. The second-order valence-corrected chi connectivity index (χ2v) is 4.23. The van der Waals surface area contributed by atoms with Crippen molar-refractivity contribution in [3.63, 3.8) is 0 Å². The Bertz CT molecular complexity index is 467. The average Bonchev–Trinajstić information content (AvgIpc) is 2.67. The molecule has 16 heavy (non-hydrogen) atoms. The van der Waals surface area contributed by atoms with Crippen LogP contribution in [0.15, 0.2) is 22.7 Å². The molecule has 1 heterocycles. The van der Waals surface area contributed by atoms with Crippen LogP contribution in [0.4, 0.5) is 0 Å². The van der Waals surface area contributed by atoms with Crippen molar-refractivity contribution >= 4 is 21.9 Å². The van der Waals surface area contributed by atoms with Crippen LogP contribution in [-0.4, -0.2) is 18.7 Å². The molecule has 0 spiro atoms. The third-order valence-corrected chi connectivity index (χ3v) is 2.71. The topological polar surface area (TPSA) is 59.3 Å². The van der Waals surface area contributed by atoms with E-state index in [1.165, 1.54) is 0 Å². The van der Waals surface area contributed by atoms with Crippen LogP contribution < -0.4 is 4.74 Å². The summed E-state index contributed by atoms with van der Waals surface area (Å²) in [6.07, 6.45) is -0.0620. The quantitative estimate of drug-likeness (QED) is 0.778. The second-order valence-electron chi connectivity index (χ2n) is 3.31. The van der Waals surface area contributed by atoms with E-state index in [0.717, 1.165) is 4.47 Å². The fraction of sp³-hybridized carbons (Fsp3) is 0.273. The Hall–Kier alpha value is -1.54. The molecule has 0 radical (unpaired) electrons. The van der Waals surface area contributed by atoms with Gasteiger partial charge in [0.15, 0.2) is 6.10 Å². The first-order valence-electron chi connectivity index (χ1n) is 4.73. The first-order chi connectivity index (χ1) is 7.70. The number of hydrogen-bond acceptors (Lipinski definition) is 4. The largest absolute Gasteiger partial charge is 0.477 e. The molecule has 1 aromatic rings. The van der Waals surface area contributed by atoms with Crippen molar-refractivity contribution in [1.82, 2.24) is 0 Å². The van der Waals surface area contributed by atoms with Crippen molar-refractivity contribution in [3.05, 3.63) is 28.2 Å². The number of carbonyl (C=O) groups excluding carboxylic acids is 1. The molecule has 1 aliphatic heterocycles. The van der Waals surface area contributed by atoms with Crippen molar-refractivity contribution in [2.24, 2.45) is 0 Å². The van der Waals surface area contributed by atoms with Crippen molar-refractivity contribution in [3.8, 4) is 11.8 Å². The minimum atomic E-state index is -0.590. The molecule has 0 aromatic heterocycles. The van der Waals surface area contributed by atoms with Gasteiger partial charge < -0.3 is 9.47 Å². The van der Waals surface area contributed by atoms with E-state index in [9.17, 15) is 4.79 Å². The van der Waals surface area contributed by atoms with E-state index in [1.54, 1.807) is 18.2 Å². The molecule has 0 aliphatic carbocycles. The number of nitrogens with zero attached hydrogens (tertiary/aromatic N) is 1. The van der Waals surface area contributed by atoms with E-state index in [-0.39, 0.29) is 5.97 Å². The molecule has 1 atom stereocenters.